The molecule has 1 heterocycles. The van der Waals surface area contributed by atoms with Gasteiger partial charge < -0.3 is 10.8 Å². The first-order valence-corrected chi connectivity index (χ1v) is 3.91. The van der Waals surface area contributed by atoms with Crippen LogP contribution in [-0.2, 0) is 11.0 Å². The number of hydrogen-bond acceptors (Lipinski definition) is 3. The van der Waals surface area contributed by atoms with Gasteiger partial charge in [0.25, 0.3) is 0 Å². The Morgan fingerprint density at radius 2 is 2.27 bits per heavy atom. The molecule has 15 heavy (non-hydrogen) atoms. The first-order chi connectivity index (χ1) is 6.86. The quantitative estimate of drug-likeness (QED) is 0.697. The molecule has 1 unspecified atom stereocenters. The van der Waals surface area contributed by atoms with Crippen LogP contribution in [0.1, 0.15) is 17.3 Å². The predicted octanol–water partition coefficient (Wildman–Crippen LogP) is 0.555. The average Bonchev–Trinajstić information content (AvgIpc) is 2.52. The lowest BCUT2D eigenvalue weighted by Crippen LogP contribution is -2.21. The van der Waals surface area contributed by atoms with Gasteiger partial charge in [-0.25, -0.2) is 0 Å². The number of carboxylic acids is 1. The number of alkyl halides is 3. The number of carboxylic acid groups (broad SMARTS) is 1. The Labute approximate surface area is 82.1 Å². The molecule has 0 saturated carbocycles. The summed E-state index contributed by atoms with van der Waals surface area (Å²) in [5, 5.41) is 13.6. The first-order valence-electron chi connectivity index (χ1n) is 3.91. The van der Waals surface area contributed by atoms with E-state index in [0.29, 0.717) is 6.07 Å². The Balaban J connectivity index is 2.97. The maximum atomic E-state index is 12.1. The molecule has 0 aromatic carbocycles. The number of nitrogens with two attached hydrogens (primary N) is 1. The zero-order chi connectivity index (χ0) is 11.6. The highest BCUT2D eigenvalue weighted by Gasteiger charge is 2.35. The van der Waals surface area contributed by atoms with E-state index in [-0.39, 0.29) is 12.2 Å². The van der Waals surface area contributed by atoms with Gasteiger partial charge in [0, 0.05) is 6.54 Å². The summed E-state index contributed by atoms with van der Waals surface area (Å²) in [6.07, 6.45) is -4.59. The van der Waals surface area contributed by atoms with Crippen LogP contribution in [0, 0.1) is 0 Å². The van der Waals surface area contributed by atoms with Crippen LogP contribution in [0.3, 0.4) is 0 Å². The van der Waals surface area contributed by atoms with E-state index in [9.17, 15) is 18.0 Å². The molecular weight excluding hydrogens is 215 g/mol. The highest BCUT2D eigenvalue weighted by molar-refractivity contribution is 5.75. The van der Waals surface area contributed by atoms with E-state index in [2.05, 4.69) is 5.10 Å². The normalized spacial score (nSPS) is 13.9. The van der Waals surface area contributed by atoms with Crippen molar-refractivity contribution in [3.8, 4) is 0 Å². The van der Waals surface area contributed by atoms with Crippen LogP contribution in [-0.4, -0.2) is 27.8 Å². The minimum atomic E-state index is -4.59. The second kappa shape index (κ2) is 3.89. The van der Waals surface area contributed by atoms with Crippen LogP contribution in [0.5, 0.6) is 0 Å². The molecule has 1 aromatic rings. The van der Waals surface area contributed by atoms with Gasteiger partial charge in [-0.15, -0.1) is 0 Å². The SMILES string of the molecule is NCC(C(=O)O)c1cc(C(F)(F)F)n[nH]1. The Morgan fingerprint density at radius 3 is 2.60 bits per heavy atom. The molecule has 0 aliphatic heterocycles. The second-order valence-electron chi connectivity index (χ2n) is 2.83. The number of carbonyl (C=O) groups is 1. The van der Waals surface area contributed by atoms with E-state index in [1.165, 1.54) is 0 Å². The second-order valence-corrected chi connectivity index (χ2v) is 2.83. The van der Waals surface area contributed by atoms with Crippen molar-refractivity contribution in [3.05, 3.63) is 17.5 Å². The average molecular weight is 223 g/mol. The molecule has 0 saturated heterocycles. The summed E-state index contributed by atoms with van der Waals surface area (Å²) in [5.74, 6) is -2.50. The third kappa shape index (κ3) is 2.46. The van der Waals surface area contributed by atoms with Crippen molar-refractivity contribution in [1.82, 2.24) is 10.2 Å². The molecule has 4 N–H and O–H groups in total. The standard InChI is InChI=1S/C7H8F3N3O2/c8-7(9,10)5-1-4(12-13-5)3(2-11)6(14)15/h1,3H,2,11H2,(H,12,13)(H,14,15). The maximum absolute atomic E-state index is 12.1. The van der Waals surface area contributed by atoms with Crippen molar-refractivity contribution < 1.29 is 23.1 Å². The van der Waals surface area contributed by atoms with Crippen molar-refractivity contribution in [3.63, 3.8) is 0 Å². The smallest absolute Gasteiger partial charge is 0.435 e. The van der Waals surface area contributed by atoms with Crippen LogP contribution >= 0.6 is 0 Å². The van der Waals surface area contributed by atoms with Gasteiger partial charge >= 0.3 is 12.1 Å². The molecule has 1 rings (SSSR count). The number of halogens is 3. The number of aliphatic carboxylic acids is 1. The molecule has 1 aromatic heterocycles. The van der Waals surface area contributed by atoms with Crippen LogP contribution in [0.4, 0.5) is 13.2 Å². The maximum Gasteiger partial charge on any atom is 0.435 e. The van der Waals surface area contributed by atoms with Crippen LogP contribution in [0.15, 0.2) is 6.07 Å². The molecule has 1 atom stereocenters. The van der Waals surface area contributed by atoms with Crippen LogP contribution in [0.2, 0.25) is 0 Å². The topological polar surface area (TPSA) is 92.0 Å². The van der Waals surface area contributed by atoms with Gasteiger partial charge in [0.2, 0.25) is 0 Å². The van der Waals surface area contributed by atoms with Crippen molar-refractivity contribution in [2.45, 2.75) is 12.1 Å². The van der Waals surface area contributed by atoms with Crippen molar-refractivity contribution in [1.29, 1.82) is 0 Å². The highest BCUT2D eigenvalue weighted by Crippen LogP contribution is 2.29. The zero-order valence-corrected chi connectivity index (χ0v) is 7.38. The summed E-state index contributed by atoms with van der Waals surface area (Å²) in [6, 6.07) is 0.644. The fraction of sp³-hybridized carbons (Fsp3) is 0.429. The lowest BCUT2D eigenvalue weighted by molar-refractivity contribution is -0.141. The van der Waals surface area contributed by atoms with E-state index < -0.39 is 23.8 Å². The molecular formula is C7H8F3N3O2. The molecule has 0 fully saturated rings. The van der Waals surface area contributed by atoms with Gasteiger partial charge in [-0.1, -0.05) is 0 Å². The zero-order valence-electron chi connectivity index (χ0n) is 7.38. The summed E-state index contributed by atoms with van der Waals surface area (Å²) < 4.78 is 36.3. The fourth-order valence-corrected chi connectivity index (χ4v) is 1.02. The van der Waals surface area contributed by atoms with Crippen LogP contribution < -0.4 is 5.73 Å². The lowest BCUT2D eigenvalue weighted by Gasteiger charge is -2.05. The molecule has 84 valence electrons. The van der Waals surface area contributed by atoms with Gasteiger partial charge in [0.05, 0.1) is 5.69 Å². The summed E-state index contributed by atoms with van der Waals surface area (Å²) in [5.41, 5.74) is 3.80. The molecule has 0 spiro atoms. The molecule has 0 amide bonds. The minimum Gasteiger partial charge on any atom is -0.481 e. The lowest BCUT2D eigenvalue weighted by atomic mass is 10.1. The van der Waals surface area contributed by atoms with Gasteiger partial charge in [-0.2, -0.15) is 18.3 Å². The third-order valence-corrected chi connectivity index (χ3v) is 1.80. The minimum absolute atomic E-state index is 0.155. The molecule has 0 aliphatic carbocycles. The first kappa shape index (κ1) is 11.5. The van der Waals surface area contributed by atoms with E-state index in [0.717, 1.165) is 0 Å². The van der Waals surface area contributed by atoms with Crippen molar-refractivity contribution in [2.75, 3.05) is 6.54 Å². The van der Waals surface area contributed by atoms with E-state index in [1.54, 1.807) is 0 Å². The Hall–Kier alpha value is -1.57. The Bertz CT molecular complexity index is 361. The summed E-state index contributed by atoms with van der Waals surface area (Å²) >= 11 is 0. The highest BCUT2D eigenvalue weighted by atomic mass is 19.4. The van der Waals surface area contributed by atoms with Crippen molar-refractivity contribution in [2.24, 2.45) is 5.73 Å². The number of rotatable bonds is 3. The van der Waals surface area contributed by atoms with Gasteiger partial charge in [0.1, 0.15) is 5.92 Å². The Morgan fingerprint density at radius 1 is 1.67 bits per heavy atom. The fourth-order valence-electron chi connectivity index (χ4n) is 1.02. The number of nitrogens with zero attached hydrogens (tertiary/aromatic N) is 1. The van der Waals surface area contributed by atoms with E-state index in [1.807, 2.05) is 5.10 Å². The van der Waals surface area contributed by atoms with Gasteiger partial charge in [-0.3, -0.25) is 9.89 Å². The summed E-state index contributed by atoms with van der Waals surface area (Å²) in [7, 11) is 0. The summed E-state index contributed by atoms with van der Waals surface area (Å²) in [6.45, 7) is -0.297. The molecule has 0 radical (unpaired) electrons. The largest absolute Gasteiger partial charge is 0.481 e. The third-order valence-electron chi connectivity index (χ3n) is 1.80. The van der Waals surface area contributed by atoms with Crippen LogP contribution in [0.25, 0.3) is 0 Å². The molecule has 0 bridgehead atoms. The predicted molar refractivity (Wildman–Crippen MR) is 43.0 cm³/mol. The molecule has 8 heteroatoms. The number of nitrogens with one attached hydrogen (secondary N) is 1. The Kier molecular flexibility index (Phi) is 2.98. The number of H-pyrrole nitrogens is 1. The van der Waals surface area contributed by atoms with Crippen molar-refractivity contribution >= 4 is 5.97 Å². The monoisotopic (exact) mass is 223 g/mol. The number of aromatic amines is 1. The van der Waals surface area contributed by atoms with E-state index >= 15 is 0 Å². The van der Waals surface area contributed by atoms with Gasteiger partial charge in [0.15, 0.2) is 5.69 Å². The molecule has 5 nitrogen and oxygen atoms in total. The number of hydrogen-bond donors (Lipinski definition) is 3. The van der Waals surface area contributed by atoms with Gasteiger partial charge in [-0.05, 0) is 6.07 Å². The summed E-state index contributed by atoms with van der Waals surface area (Å²) in [4.78, 5) is 10.6. The molecule has 0 aliphatic rings. The van der Waals surface area contributed by atoms with E-state index in [4.69, 9.17) is 10.8 Å². The number of aromatic nitrogens is 2.